The van der Waals surface area contributed by atoms with Gasteiger partial charge in [-0.2, -0.15) is 0 Å². The third kappa shape index (κ3) is 4.10. The molecule has 108 valence electrons. The number of benzene rings is 1. The zero-order valence-corrected chi connectivity index (χ0v) is 11.0. The van der Waals surface area contributed by atoms with E-state index in [1.807, 2.05) is 0 Å². The van der Waals surface area contributed by atoms with Gasteiger partial charge in [-0.15, -0.1) is 0 Å². The molecule has 6 heteroatoms. The van der Waals surface area contributed by atoms with Crippen molar-refractivity contribution in [3.63, 3.8) is 0 Å². The van der Waals surface area contributed by atoms with Gasteiger partial charge >= 0.3 is 5.97 Å². The fraction of sp³-hybridized carbons (Fsp3) is 0.133. The average Bonchev–Trinajstić information content (AvgIpc) is 2.49. The smallest absolute Gasteiger partial charge is 0.326 e. The Morgan fingerprint density at radius 1 is 1.14 bits per heavy atom. The van der Waals surface area contributed by atoms with E-state index in [2.05, 4.69) is 10.3 Å². The maximum Gasteiger partial charge on any atom is 0.326 e. The van der Waals surface area contributed by atoms with Crippen molar-refractivity contribution in [2.75, 3.05) is 0 Å². The first kappa shape index (κ1) is 14.6. The molecule has 0 saturated heterocycles. The summed E-state index contributed by atoms with van der Waals surface area (Å²) < 4.78 is 12.8. The molecule has 0 fully saturated rings. The highest BCUT2D eigenvalue weighted by Gasteiger charge is 2.21. The third-order valence-electron chi connectivity index (χ3n) is 2.90. The number of carbonyl (C=O) groups is 2. The largest absolute Gasteiger partial charge is 0.480 e. The summed E-state index contributed by atoms with van der Waals surface area (Å²) in [5, 5.41) is 11.6. The lowest BCUT2D eigenvalue weighted by molar-refractivity contribution is -0.139. The first-order valence-electron chi connectivity index (χ1n) is 6.24. The predicted molar refractivity (Wildman–Crippen MR) is 73.2 cm³/mol. The molecule has 1 heterocycles. The molecule has 21 heavy (non-hydrogen) atoms. The Balaban J connectivity index is 2.07. The van der Waals surface area contributed by atoms with Crippen molar-refractivity contribution in [3.05, 3.63) is 65.7 Å². The Morgan fingerprint density at radius 3 is 2.33 bits per heavy atom. The molecule has 1 atom stereocenters. The van der Waals surface area contributed by atoms with Crippen LogP contribution >= 0.6 is 0 Å². The van der Waals surface area contributed by atoms with Crippen LogP contribution in [0.25, 0.3) is 0 Å². The van der Waals surface area contributed by atoms with Gasteiger partial charge < -0.3 is 10.4 Å². The van der Waals surface area contributed by atoms with Crippen molar-refractivity contribution >= 4 is 11.9 Å². The van der Waals surface area contributed by atoms with Gasteiger partial charge in [0.15, 0.2) is 0 Å². The number of aromatic nitrogens is 1. The zero-order chi connectivity index (χ0) is 15.2. The number of hydrogen-bond acceptors (Lipinski definition) is 3. The number of carboxylic acid groups (broad SMARTS) is 1. The molecule has 0 aliphatic heterocycles. The second kappa shape index (κ2) is 6.60. The predicted octanol–water partition coefficient (Wildman–Crippen LogP) is 1.65. The average molecular weight is 288 g/mol. The summed E-state index contributed by atoms with van der Waals surface area (Å²) in [5.74, 6) is -2.04. The summed E-state index contributed by atoms with van der Waals surface area (Å²) in [5.41, 5.74) is 0.953. The Kier molecular flexibility index (Phi) is 4.61. The number of pyridine rings is 1. The molecular formula is C15H13FN2O3. The van der Waals surface area contributed by atoms with Crippen LogP contribution in [0.1, 0.15) is 15.9 Å². The number of halogens is 1. The molecule has 0 saturated carbocycles. The summed E-state index contributed by atoms with van der Waals surface area (Å²) in [7, 11) is 0. The highest BCUT2D eigenvalue weighted by Crippen LogP contribution is 2.07. The van der Waals surface area contributed by atoms with Crippen molar-refractivity contribution in [3.8, 4) is 0 Å². The molecule has 2 N–H and O–H groups in total. The third-order valence-corrected chi connectivity index (χ3v) is 2.90. The fourth-order valence-electron chi connectivity index (χ4n) is 1.80. The standard InChI is InChI=1S/C15H13FN2O3/c16-12-3-1-10(2-4-12)9-13(15(20)21)18-14(19)11-5-7-17-8-6-11/h1-8,13H,9H2,(H,18,19)(H,20,21)/t13-/m1/s1. The van der Waals surface area contributed by atoms with Crippen LogP contribution in [0.15, 0.2) is 48.8 Å². The van der Waals surface area contributed by atoms with Gasteiger partial charge in [0, 0.05) is 24.4 Å². The molecule has 0 radical (unpaired) electrons. The highest BCUT2D eigenvalue weighted by atomic mass is 19.1. The molecule has 0 unspecified atom stereocenters. The van der Waals surface area contributed by atoms with Crippen LogP contribution in [0.3, 0.4) is 0 Å². The molecule has 0 aliphatic carbocycles. The molecule has 0 spiro atoms. The lowest BCUT2D eigenvalue weighted by Crippen LogP contribution is -2.42. The van der Waals surface area contributed by atoms with E-state index < -0.39 is 23.7 Å². The van der Waals surface area contributed by atoms with Crippen LogP contribution in [-0.4, -0.2) is 28.0 Å². The first-order chi connectivity index (χ1) is 10.1. The molecule has 2 rings (SSSR count). The van der Waals surface area contributed by atoms with Crippen LogP contribution in [-0.2, 0) is 11.2 Å². The van der Waals surface area contributed by atoms with Crippen LogP contribution < -0.4 is 5.32 Å². The lowest BCUT2D eigenvalue weighted by atomic mass is 10.1. The second-order valence-corrected chi connectivity index (χ2v) is 4.43. The van der Waals surface area contributed by atoms with Gasteiger partial charge in [0.05, 0.1) is 0 Å². The number of carboxylic acids is 1. The highest BCUT2D eigenvalue weighted by molar-refractivity contribution is 5.96. The number of nitrogens with zero attached hydrogens (tertiary/aromatic N) is 1. The maximum absolute atomic E-state index is 12.8. The van der Waals surface area contributed by atoms with Crippen molar-refractivity contribution in [1.29, 1.82) is 0 Å². The van der Waals surface area contributed by atoms with E-state index in [1.165, 1.54) is 48.8 Å². The summed E-state index contributed by atoms with van der Waals surface area (Å²) in [4.78, 5) is 27.0. The Bertz CT molecular complexity index is 629. The van der Waals surface area contributed by atoms with E-state index >= 15 is 0 Å². The number of amides is 1. The minimum Gasteiger partial charge on any atom is -0.480 e. The Hall–Kier alpha value is -2.76. The SMILES string of the molecule is O=C(N[C@H](Cc1ccc(F)cc1)C(=O)O)c1ccncc1. The van der Waals surface area contributed by atoms with Gasteiger partial charge in [-0.3, -0.25) is 9.78 Å². The van der Waals surface area contributed by atoms with Gasteiger partial charge in [-0.1, -0.05) is 12.1 Å². The Labute approximate surface area is 120 Å². The normalized spacial score (nSPS) is 11.7. The number of rotatable bonds is 5. The van der Waals surface area contributed by atoms with Gasteiger partial charge in [0.2, 0.25) is 0 Å². The molecular weight excluding hydrogens is 275 g/mol. The van der Waals surface area contributed by atoms with E-state index in [9.17, 15) is 19.1 Å². The minimum absolute atomic E-state index is 0.0758. The van der Waals surface area contributed by atoms with Crippen molar-refractivity contribution in [1.82, 2.24) is 10.3 Å². The number of hydrogen-bond donors (Lipinski definition) is 2. The maximum atomic E-state index is 12.8. The quantitative estimate of drug-likeness (QED) is 0.876. The summed E-state index contributed by atoms with van der Waals surface area (Å²) in [6, 6.07) is 7.38. The van der Waals surface area contributed by atoms with E-state index in [0.717, 1.165) is 0 Å². The van der Waals surface area contributed by atoms with Gasteiger partial charge in [0.1, 0.15) is 11.9 Å². The molecule has 1 aromatic heterocycles. The molecule has 0 bridgehead atoms. The molecule has 0 aliphatic rings. The van der Waals surface area contributed by atoms with Crippen LogP contribution in [0, 0.1) is 5.82 Å². The number of carbonyl (C=O) groups excluding carboxylic acids is 1. The van der Waals surface area contributed by atoms with Crippen LogP contribution in [0.2, 0.25) is 0 Å². The van der Waals surface area contributed by atoms with Crippen molar-refractivity contribution in [2.45, 2.75) is 12.5 Å². The monoisotopic (exact) mass is 288 g/mol. The first-order valence-corrected chi connectivity index (χ1v) is 6.24. The molecule has 1 amide bonds. The zero-order valence-electron chi connectivity index (χ0n) is 11.0. The van der Waals surface area contributed by atoms with Crippen molar-refractivity contribution in [2.24, 2.45) is 0 Å². The second-order valence-electron chi connectivity index (χ2n) is 4.43. The van der Waals surface area contributed by atoms with E-state index in [0.29, 0.717) is 11.1 Å². The number of aliphatic carboxylic acids is 1. The van der Waals surface area contributed by atoms with E-state index in [4.69, 9.17) is 0 Å². The van der Waals surface area contributed by atoms with Gasteiger partial charge in [-0.25, -0.2) is 9.18 Å². The number of nitrogens with one attached hydrogen (secondary N) is 1. The lowest BCUT2D eigenvalue weighted by Gasteiger charge is -2.14. The Morgan fingerprint density at radius 2 is 1.76 bits per heavy atom. The van der Waals surface area contributed by atoms with E-state index in [-0.39, 0.29) is 6.42 Å². The summed E-state index contributed by atoms with van der Waals surface area (Å²) in [6.45, 7) is 0. The summed E-state index contributed by atoms with van der Waals surface area (Å²) in [6.07, 6.45) is 2.97. The minimum atomic E-state index is -1.15. The van der Waals surface area contributed by atoms with E-state index in [1.54, 1.807) is 0 Å². The summed E-state index contributed by atoms with van der Waals surface area (Å²) >= 11 is 0. The fourth-order valence-corrected chi connectivity index (χ4v) is 1.80. The van der Waals surface area contributed by atoms with Gasteiger partial charge in [0.25, 0.3) is 5.91 Å². The van der Waals surface area contributed by atoms with Crippen LogP contribution in [0.4, 0.5) is 4.39 Å². The van der Waals surface area contributed by atoms with Crippen LogP contribution in [0.5, 0.6) is 0 Å². The topological polar surface area (TPSA) is 79.3 Å². The van der Waals surface area contributed by atoms with Gasteiger partial charge in [-0.05, 0) is 29.8 Å². The molecule has 5 nitrogen and oxygen atoms in total. The molecule has 2 aromatic rings. The van der Waals surface area contributed by atoms with Crippen molar-refractivity contribution < 1.29 is 19.1 Å². The molecule has 1 aromatic carbocycles.